The maximum Gasteiger partial charge on any atom is 0.243 e. The van der Waals surface area contributed by atoms with Gasteiger partial charge in [0.1, 0.15) is 5.75 Å². The number of ether oxygens (including phenoxy) is 1. The van der Waals surface area contributed by atoms with Crippen LogP contribution in [0, 0.1) is 6.92 Å². The normalized spacial score (nSPS) is 11.5. The Morgan fingerprint density at radius 3 is 2.36 bits per heavy atom. The molecular formula is C23H21BrCl2N2O4S. The average Bonchev–Trinajstić information content (AvgIpc) is 2.76. The van der Waals surface area contributed by atoms with Gasteiger partial charge in [-0.1, -0.05) is 51.3 Å². The number of benzene rings is 3. The van der Waals surface area contributed by atoms with Crippen molar-refractivity contribution in [2.24, 2.45) is 0 Å². The molecule has 0 atom stereocenters. The molecule has 0 heterocycles. The Morgan fingerprint density at radius 1 is 1.03 bits per heavy atom. The highest BCUT2D eigenvalue weighted by Gasteiger charge is 2.27. The molecule has 0 aromatic heterocycles. The van der Waals surface area contributed by atoms with Gasteiger partial charge in [0, 0.05) is 11.0 Å². The molecule has 10 heteroatoms. The van der Waals surface area contributed by atoms with Crippen molar-refractivity contribution in [3.63, 3.8) is 0 Å². The molecule has 0 aliphatic rings. The molecule has 174 valence electrons. The summed E-state index contributed by atoms with van der Waals surface area (Å²) >= 11 is 15.4. The number of hydrogen-bond acceptors (Lipinski definition) is 4. The Hall–Kier alpha value is -2.10. The first-order valence-corrected chi connectivity index (χ1v) is 12.7. The topological polar surface area (TPSA) is 75.7 Å². The van der Waals surface area contributed by atoms with Gasteiger partial charge in [-0.15, -0.1) is 0 Å². The smallest absolute Gasteiger partial charge is 0.243 e. The Balaban J connectivity index is 1.92. The minimum atomic E-state index is -4.01. The molecule has 33 heavy (non-hydrogen) atoms. The van der Waals surface area contributed by atoms with Crippen LogP contribution in [0.15, 0.2) is 70.0 Å². The van der Waals surface area contributed by atoms with Crippen LogP contribution in [0.25, 0.3) is 0 Å². The van der Waals surface area contributed by atoms with Gasteiger partial charge in [-0.3, -0.25) is 4.79 Å². The van der Waals surface area contributed by atoms with Gasteiger partial charge in [-0.2, -0.15) is 4.31 Å². The second-order valence-corrected chi connectivity index (χ2v) is 10.9. The zero-order valence-electron chi connectivity index (χ0n) is 17.8. The third-order valence-corrected chi connectivity index (χ3v) is 7.82. The van der Waals surface area contributed by atoms with Crippen LogP contribution in [0.1, 0.15) is 11.1 Å². The lowest BCUT2D eigenvalue weighted by molar-refractivity contribution is -0.116. The van der Waals surface area contributed by atoms with Crippen molar-refractivity contribution in [1.29, 1.82) is 0 Å². The number of nitrogens with zero attached hydrogens (tertiary/aromatic N) is 1. The van der Waals surface area contributed by atoms with Crippen LogP contribution in [0.2, 0.25) is 10.0 Å². The van der Waals surface area contributed by atoms with Crippen LogP contribution in [0.4, 0.5) is 5.69 Å². The first-order valence-electron chi connectivity index (χ1n) is 9.74. The largest absolute Gasteiger partial charge is 0.495 e. The van der Waals surface area contributed by atoms with Crippen LogP contribution in [-0.4, -0.2) is 32.3 Å². The third-order valence-electron chi connectivity index (χ3n) is 4.74. The summed E-state index contributed by atoms with van der Waals surface area (Å²) in [4.78, 5) is 13.0. The van der Waals surface area contributed by atoms with Gasteiger partial charge < -0.3 is 10.1 Å². The van der Waals surface area contributed by atoms with Gasteiger partial charge >= 0.3 is 0 Å². The molecule has 6 nitrogen and oxygen atoms in total. The lowest BCUT2D eigenvalue weighted by Crippen LogP contribution is -2.37. The Bertz CT molecular complexity index is 1270. The van der Waals surface area contributed by atoms with Gasteiger partial charge in [-0.25, -0.2) is 8.42 Å². The van der Waals surface area contributed by atoms with E-state index in [9.17, 15) is 13.2 Å². The number of nitrogens with one attached hydrogen (secondary N) is 1. The van der Waals surface area contributed by atoms with Gasteiger partial charge in [0.05, 0.1) is 34.3 Å². The summed E-state index contributed by atoms with van der Waals surface area (Å²) in [6.07, 6.45) is 0. The molecule has 1 N–H and O–H groups in total. The number of amides is 1. The fourth-order valence-corrected chi connectivity index (χ4v) is 5.06. The van der Waals surface area contributed by atoms with E-state index in [0.717, 1.165) is 14.3 Å². The van der Waals surface area contributed by atoms with Crippen LogP contribution in [0.5, 0.6) is 5.75 Å². The zero-order chi connectivity index (χ0) is 24.2. The van der Waals surface area contributed by atoms with Crippen molar-refractivity contribution < 1.29 is 17.9 Å². The van der Waals surface area contributed by atoms with Gasteiger partial charge in [0.25, 0.3) is 0 Å². The van der Waals surface area contributed by atoms with E-state index < -0.39 is 22.5 Å². The minimum absolute atomic E-state index is 0.0618. The molecular weight excluding hydrogens is 551 g/mol. The summed E-state index contributed by atoms with van der Waals surface area (Å²) in [5.41, 5.74) is 1.96. The van der Waals surface area contributed by atoms with E-state index in [2.05, 4.69) is 21.2 Å². The zero-order valence-corrected chi connectivity index (χ0v) is 21.7. The molecule has 0 saturated heterocycles. The lowest BCUT2D eigenvalue weighted by atomic mass is 10.2. The second-order valence-electron chi connectivity index (χ2n) is 7.23. The molecule has 3 aromatic carbocycles. The Kier molecular flexibility index (Phi) is 8.42. The van der Waals surface area contributed by atoms with Crippen molar-refractivity contribution in [3.05, 3.63) is 86.3 Å². The summed E-state index contributed by atoms with van der Waals surface area (Å²) in [5.74, 6) is -0.0413. The van der Waals surface area contributed by atoms with Crippen LogP contribution >= 0.6 is 39.1 Å². The highest BCUT2D eigenvalue weighted by molar-refractivity contribution is 9.10. The molecule has 0 spiro atoms. The lowest BCUT2D eigenvalue weighted by Gasteiger charge is -2.22. The first-order chi connectivity index (χ1) is 15.6. The predicted molar refractivity (Wildman–Crippen MR) is 135 cm³/mol. The fraction of sp³-hybridized carbons (Fsp3) is 0.174. The Morgan fingerprint density at radius 2 is 1.73 bits per heavy atom. The molecule has 3 aromatic rings. The highest BCUT2D eigenvalue weighted by Crippen LogP contribution is 2.27. The van der Waals surface area contributed by atoms with Crippen molar-refractivity contribution in [3.8, 4) is 5.75 Å². The van der Waals surface area contributed by atoms with E-state index in [4.69, 9.17) is 27.9 Å². The Labute approximate surface area is 211 Å². The van der Waals surface area contributed by atoms with Crippen molar-refractivity contribution in [2.45, 2.75) is 18.4 Å². The van der Waals surface area contributed by atoms with Crippen LogP contribution < -0.4 is 10.1 Å². The molecule has 0 fully saturated rings. The van der Waals surface area contributed by atoms with Crippen molar-refractivity contribution >= 4 is 60.7 Å². The number of halogens is 3. The predicted octanol–water partition coefficient (Wildman–Crippen LogP) is 5.90. The molecule has 0 unspecified atom stereocenters. The van der Waals surface area contributed by atoms with Crippen molar-refractivity contribution in [2.75, 3.05) is 19.0 Å². The van der Waals surface area contributed by atoms with Crippen LogP contribution in [-0.2, 0) is 21.4 Å². The molecule has 1 amide bonds. The van der Waals surface area contributed by atoms with Gasteiger partial charge in [-0.05, 0) is 66.6 Å². The number of carbonyl (C=O) groups excluding carboxylic acids is 1. The van der Waals surface area contributed by atoms with Crippen LogP contribution in [0.3, 0.4) is 0 Å². The monoisotopic (exact) mass is 570 g/mol. The number of methoxy groups -OCH3 is 1. The number of hydrogen-bond donors (Lipinski definition) is 1. The molecule has 0 aliphatic heterocycles. The second kappa shape index (κ2) is 10.9. The summed E-state index contributed by atoms with van der Waals surface area (Å²) in [5, 5.41) is 3.40. The molecule has 0 aliphatic carbocycles. The maximum atomic E-state index is 13.4. The average molecular weight is 572 g/mol. The number of carbonyl (C=O) groups is 1. The quantitative estimate of drug-likeness (QED) is 0.365. The summed E-state index contributed by atoms with van der Waals surface area (Å²) in [7, 11) is -2.51. The summed E-state index contributed by atoms with van der Waals surface area (Å²) in [6.45, 7) is 1.38. The van der Waals surface area contributed by atoms with Gasteiger partial charge in [0.2, 0.25) is 15.9 Å². The number of rotatable bonds is 8. The van der Waals surface area contributed by atoms with E-state index in [0.29, 0.717) is 27.0 Å². The summed E-state index contributed by atoms with van der Waals surface area (Å²) in [6, 6.07) is 16.4. The molecule has 0 bridgehead atoms. The summed E-state index contributed by atoms with van der Waals surface area (Å²) < 4.78 is 33.9. The molecule has 0 radical (unpaired) electrons. The van der Waals surface area contributed by atoms with Crippen molar-refractivity contribution in [1.82, 2.24) is 4.31 Å². The van der Waals surface area contributed by atoms with E-state index in [1.54, 1.807) is 42.5 Å². The first kappa shape index (κ1) is 25.5. The third kappa shape index (κ3) is 6.49. The highest BCUT2D eigenvalue weighted by atomic mass is 79.9. The van der Waals surface area contributed by atoms with Gasteiger partial charge in [0.15, 0.2) is 0 Å². The SMILES string of the molecule is COc1ccc(C)cc1NC(=O)CN(Cc1ccc(Cl)c(Cl)c1)S(=O)(=O)c1ccc(Br)cc1. The van der Waals surface area contributed by atoms with E-state index in [1.165, 1.54) is 19.2 Å². The van der Waals surface area contributed by atoms with E-state index >= 15 is 0 Å². The maximum absolute atomic E-state index is 13.4. The van der Waals surface area contributed by atoms with E-state index in [1.807, 2.05) is 13.0 Å². The number of sulfonamides is 1. The number of aryl methyl sites for hydroxylation is 1. The van der Waals surface area contributed by atoms with E-state index in [-0.39, 0.29) is 11.4 Å². The fourth-order valence-electron chi connectivity index (χ4n) is 3.09. The standard InChI is InChI=1S/C23H21BrCl2N2O4S/c1-15-3-10-22(32-2)21(11-15)27-23(29)14-28(13-16-4-9-19(25)20(26)12-16)33(30,31)18-7-5-17(24)6-8-18/h3-12H,13-14H2,1-2H3,(H,27,29). The number of anilines is 1. The minimum Gasteiger partial charge on any atom is -0.495 e. The molecule has 3 rings (SSSR count). The molecule has 0 saturated carbocycles.